The molecule has 2 rings (SSSR count). The maximum absolute atomic E-state index is 6.46. The predicted molar refractivity (Wildman–Crippen MR) is 86.0 cm³/mol. The van der Waals surface area contributed by atoms with E-state index >= 15 is 0 Å². The van der Waals surface area contributed by atoms with Crippen molar-refractivity contribution in [1.29, 1.82) is 0 Å². The molecular weight excluding hydrogens is 246 g/mol. The van der Waals surface area contributed by atoms with E-state index in [2.05, 4.69) is 55.8 Å². The number of aryl methyl sites for hydroxylation is 2. The second-order valence-electron chi connectivity index (χ2n) is 6.27. The van der Waals surface area contributed by atoms with E-state index in [-0.39, 0.29) is 6.04 Å². The number of likely N-dealkylation sites (N-methyl/N-ethyl adjacent to an activating group) is 1. The fourth-order valence-electron chi connectivity index (χ4n) is 3.15. The molecule has 1 fully saturated rings. The molecule has 3 heteroatoms. The van der Waals surface area contributed by atoms with Gasteiger partial charge in [-0.1, -0.05) is 30.7 Å². The highest BCUT2D eigenvalue weighted by Crippen LogP contribution is 2.20. The molecule has 3 nitrogen and oxygen atoms in total. The normalized spacial score (nSPS) is 22.9. The van der Waals surface area contributed by atoms with Gasteiger partial charge in [-0.3, -0.25) is 4.90 Å². The fraction of sp³-hybridized carbons (Fsp3) is 0.647. The molecule has 112 valence electrons. The molecule has 1 aromatic rings. The molecule has 1 aliphatic rings. The van der Waals surface area contributed by atoms with Crippen LogP contribution in [0.2, 0.25) is 0 Å². The zero-order valence-corrected chi connectivity index (χ0v) is 13.4. The first kappa shape index (κ1) is 15.5. The van der Waals surface area contributed by atoms with Gasteiger partial charge in [-0.2, -0.15) is 0 Å². The molecule has 0 aliphatic carbocycles. The van der Waals surface area contributed by atoms with E-state index in [0.717, 1.165) is 26.2 Å². The second kappa shape index (κ2) is 6.70. The molecule has 1 saturated heterocycles. The van der Waals surface area contributed by atoms with Crippen LogP contribution in [0.15, 0.2) is 18.2 Å². The average molecular weight is 275 g/mol. The van der Waals surface area contributed by atoms with Crippen molar-refractivity contribution in [1.82, 2.24) is 9.80 Å². The van der Waals surface area contributed by atoms with Crippen molar-refractivity contribution in [3.8, 4) is 0 Å². The first-order valence-corrected chi connectivity index (χ1v) is 7.76. The molecule has 0 saturated carbocycles. The third-order valence-electron chi connectivity index (χ3n) is 4.62. The zero-order chi connectivity index (χ0) is 14.7. The third-order valence-corrected chi connectivity index (χ3v) is 4.62. The van der Waals surface area contributed by atoms with Crippen LogP contribution in [0.1, 0.15) is 36.1 Å². The molecule has 2 N–H and O–H groups in total. The van der Waals surface area contributed by atoms with Gasteiger partial charge in [0.15, 0.2) is 0 Å². The highest BCUT2D eigenvalue weighted by Gasteiger charge is 2.24. The Morgan fingerprint density at radius 3 is 2.75 bits per heavy atom. The van der Waals surface area contributed by atoms with Gasteiger partial charge < -0.3 is 10.6 Å². The Hall–Kier alpha value is -0.900. The molecule has 0 radical (unpaired) electrons. The van der Waals surface area contributed by atoms with Gasteiger partial charge in [-0.25, -0.2) is 0 Å². The Labute approximate surface area is 123 Å². The van der Waals surface area contributed by atoms with Crippen LogP contribution in [0.25, 0.3) is 0 Å². The largest absolute Gasteiger partial charge is 0.323 e. The van der Waals surface area contributed by atoms with Crippen LogP contribution < -0.4 is 5.73 Å². The third kappa shape index (κ3) is 3.60. The Morgan fingerprint density at radius 1 is 1.30 bits per heavy atom. The van der Waals surface area contributed by atoms with Gasteiger partial charge in [0.1, 0.15) is 0 Å². The number of hydrogen-bond acceptors (Lipinski definition) is 3. The van der Waals surface area contributed by atoms with Gasteiger partial charge in [0.05, 0.1) is 0 Å². The van der Waals surface area contributed by atoms with E-state index < -0.39 is 0 Å². The van der Waals surface area contributed by atoms with Crippen LogP contribution >= 0.6 is 0 Å². The molecule has 0 bridgehead atoms. The Kier molecular flexibility index (Phi) is 5.19. The maximum Gasteiger partial charge on any atom is 0.0427 e. The summed E-state index contributed by atoms with van der Waals surface area (Å²) >= 11 is 0. The number of nitrogens with two attached hydrogens (primary N) is 1. The summed E-state index contributed by atoms with van der Waals surface area (Å²) in [4.78, 5) is 5.00. The number of nitrogens with zero attached hydrogens (tertiary/aromatic N) is 2. The summed E-state index contributed by atoms with van der Waals surface area (Å²) in [6, 6.07) is 7.39. The predicted octanol–water partition coefficient (Wildman–Crippen LogP) is 2.33. The van der Waals surface area contributed by atoms with Crippen LogP contribution in [0.3, 0.4) is 0 Å². The van der Waals surface area contributed by atoms with Crippen molar-refractivity contribution in [2.24, 2.45) is 5.73 Å². The van der Waals surface area contributed by atoms with Crippen molar-refractivity contribution in [3.05, 3.63) is 34.9 Å². The SMILES string of the molecule is CCC1CN(CC(N)c2cc(C)ccc2C)CCN1C. The van der Waals surface area contributed by atoms with Crippen molar-refractivity contribution in [2.75, 3.05) is 33.2 Å². The summed E-state index contributed by atoms with van der Waals surface area (Å²) in [5.74, 6) is 0. The highest BCUT2D eigenvalue weighted by molar-refractivity contribution is 5.33. The van der Waals surface area contributed by atoms with Gasteiger partial charge in [0, 0.05) is 38.3 Å². The lowest BCUT2D eigenvalue weighted by atomic mass is 9.98. The van der Waals surface area contributed by atoms with Crippen LogP contribution in [-0.4, -0.2) is 49.1 Å². The Balaban J connectivity index is 2.01. The van der Waals surface area contributed by atoms with Crippen molar-refractivity contribution < 1.29 is 0 Å². The summed E-state index contributed by atoms with van der Waals surface area (Å²) in [7, 11) is 2.23. The van der Waals surface area contributed by atoms with Gasteiger partial charge in [-0.15, -0.1) is 0 Å². The topological polar surface area (TPSA) is 32.5 Å². The number of rotatable bonds is 4. The van der Waals surface area contributed by atoms with Crippen molar-refractivity contribution >= 4 is 0 Å². The molecule has 0 aromatic heterocycles. The van der Waals surface area contributed by atoms with Crippen LogP contribution in [0.4, 0.5) is 0 Å². The summed E-state index contributed by atoms with van der Waals surface area (Å²) < 4.78 is 0. The molecule has 20 heavy (non-hydrogen) atoms. The minimum absolute atomic E-state index is 0.121. The highest BCUT2D eigenvalue weighted by atomic mass is 15.3. The molecule has 2 unspecified atom stereocenters. The van der Waals surface area contributed by atoms with Crippen LogP contribution in [0, 0.1) is 13.8 Å². The Morgan fingerprint density at radius 2 is 2.05 bits per heavy atom. The monoisotopic (exact) mass is 275 g/mol. The molecule has 2 atom stereocenters. The van der Waals surface area contributed by atoms with E-state index in [0.29, 0.717) is 6.04 Å². The molecular formula is C17H29N3. The van der Waals surface area contributed by atoms with E-state index in [1.807, 2.05) is 0 Å². The van der Waals surface area contributed by atoms with Crippen molar-refractivity contribution in [3.63, 3.8) is 0 Å². The maximum atomic E-state index is 6.46. The number of hydrogen-bond donors (Lipinski definition) is 1. The number of benzene rings is 1. The molecule has 1 aromatic carbocycles. The summed E-state index contributed by atoms with van der Waals surface area (Å²) in [6.45, 7) is 11.0. The molecule has 0 amide bonds. The van der Waals surface area contributed by atoms with Crippen molar-refractivity contribution in [2.45, 2.75) is 39.3 Å². The quantitative estimate of drug-likeness (QED) is 0.915. The first-order chi connectivity index (χ1) is 9.51. The minimum Gasteiger partial charge on any atom is -0.323 e. The van der Waals surface area contributed by atoms with Gasteiger partial charge in [-0.05, 0) is 38.4 Å². The first-order valence-electron chi connectivity index (χ1n) is 7.76. The molecule has 1 heterocycles. The van der Waals surface area contributed by atoms with E-state index in [1.54, 1.807) is 0 Å². The lowest BCUT2D eigenvalue weighted by Gasteiger charge is -2.40. The Bertz CT molecular complexity index is 444. The van der Waals surface area contributed by atoms with Gasteiger partial charge in [0.2, 0.25) is 0 Å². The smallest absolute Gasteiger partial charge is 0.0427 e. The number of piperazine rings is 1. The minimum atomic E-state index is 0.121. The van der Waals surface area contributed by atoms with Crippen LogP contribution in [0.5, 0.6) is 0 Å². The average Bonchev–Trinajstić information content (AvgIpc) is 2.43. The van der Waals surface area contributed by atoms with Gasteiger partial charge in [0.25, 0.3) is 0 Å². The fourth-order valence-corrected chi connectivity index (χ4v) is 3.15. The second-order valence-corrected chi connectivity index (χ2v) is 6.27. The van der Waals surface area contributed by atoms with E-state index in [1.165, 1.54) is 23.1 Å². The lowest BCUT2D eigenvalue weighted by molar-refractivity contribution is 0.0890. The molecule has 1 aliphatic heterocycles. The van der Waals surface area contributed by atoms with E-state index in [9.17, 15) is 0 Å². The summed E-state index contributed by atoms with van der Waals surface area (Å²) in [6.07, 6.45) is 1.21. The zero-order valence-electron chi connectivity index (χ0n) is 13.4. The van der Waals surface area contributed by atoms with E-state index in [4.69, 9.17) is 5.73 Å². The van der Waals surface area contributed by atoms with Crippen LogP contribution in [-0.2, 0) is 0 Å². The lowest BCUT2D eigenvalue weighted by Crippen LogP contribution is -2.52. The van der Waals surface area contributed by atoms with Gasteiger partial charge >= 0.3 is 0 Å². The standard InChI is InChI=1S/C17H29N3/c1-5-15-11-20(9-8-19(15)4)12-17(18)16-10-13(2)6-7-14(16)3/h6-7,10,15,17H,5,8-9,11-12,18H2,1-4H3. The molecule has 0 spiro atoms. The summed E-state index contributed by atoms with van der Waals surface area (Å²) in [5.41, 5.74) is 10.4. The summed E-state index contributed by atoms with van der Waals surface area (Å²) in [5, 5.41) is 0.